The molecule has 0 spiro atoms. The Balaban J connectivity index is 1.58. The molecule has 12 heteroatoms. The van der Waals surface area contributed by atoms with Gasteiger partial charge < -0.3 is 20.0 Å². The molecule has 1 aromatic carbocycles. The maximum atomic E-state index is 14.5. The molecule has 0 saturated carbocycles. The van der Waals surface area contributed by atoms with Crippen LogP contribution in [0.15, 0.2) is 47.3 Å². The first-order chi connectivity index (χ1) is 16.7. The first kappa shape index (κ1) is 24.5. The molecule has 0 bridgehead atoms. The Bertz CT molecular complexity index is 1270. The number of anilines is 1. The Morgan fingerprint density at radius 3 is 2.83 bits per heavy atom. The van der Waals surface area contributed by atoms with E-state index in [1.807, 2.05) is 0 Å². The van der Waals surface area contributed by atoms with Gasteiger partial charge in [-0.3, -0.25) is 10.2 Å². The summed E-state index contributed by atoms with van der Waals surface area (Å²) in [5, 5.41) is 14.8. The van der Waals surface area contributed by atoms with Gasteiger partial charge in [-0.05, 0) is 30.2 Å². The van der Waals surface area contributed by atoms with Gasteiger partial charge in [0, 0.05) is 43.6 Å². The maximum Gasteiger partial charge on any atom is 0.295 e. The summed E-state index contributed by atoms with van der Waals surface area (Å²) in [6, 6.07) is 6.13. The summed E-state index contributed by atoms with van der Waals surface area (Å²) < 4.78 is 34.7. The fourth-order valence-electron chi connectivity index (χ4n) is 4.14. The zero-order chi connectivity index (χ0) is 25.2. The van der Waals surface area contributed by atoms with Gasteiger partial charge in [0.2, 0.25) is 0 Å². The third kappa shape index (κ3) is 5.40. The van der Waals surface area contributed by atoms with Gasteiger partial charge in [0.25, 0.3) is 17.8 Å². The molecule has 1 aliphatic heterocycles. The van der Waals surface area contributed by atoms with E-state index < -0.39 is 36.0 Å². The van der Waals surface area contributed by atoms with E-state index in [9.17, 15) is 13.6 Å². The molecule has 1 aliphatic rings. The van der Waals surface area contributed by atoms with Crippen molar-refractivity contribution in [2.45, 2.75) is 25.3 Å². The second-order valence-corrected chi connectivity index (χ2v) is 8.78. The van der Waals surface area contributed by atoms with Gasteiger partial charge in [-0.25, -0.2) is 18.7 Å². The number of hydrogen-bond acceptors (Lipinski definition) is 8. The average Bonchev–Trinajstić information content (AvgIpc) is 3.22. The van der Waals surface area contributed by atoms with Crippen LogP contribution in [0.5, 0.6) is 0 Å². The molecule has 1 amide bonds. The number of piperidine rings is 1. The minimum Gasteiger partial charge on any atom is -0.424 e. The van der Waals surface area contributed by atoms with Crippen molar-refractivity contribution in [3.8, 4) is 0 Å². The highest BCUT2D eigenvalue weighted by Crippen LogP contribution is 2.35. The first-order valence-corrected chi connectivity index (χ1v) is 11.3. The lowest BCUT2D eigenvalue weighted by molar-refractivity contribution is -0.145. The average molecular weight is 504 g/mol. The number of carbonyl (C=O) groups excluding carboxylic acids is 1. The highest BCUT2D eigenvalue weighted by Gasteiger charge is 2.47. The van der Waals surface area contributed by atoms with Crippen LogP contribution in [0.3, 0.4) is 0 Å². The fourth-order valence-corrected chi connectivity index (χ4v) is 4.30. The summed E-state index contributed by atoms with van der Waals surface area (Å²) in [6.45, 7) is 0.945. The van der Waals surface area contributed by atoms with Crippen molar-refractivity contribution < 1.29 is 18.0 Å². The van der Waals surface area contributed by atoms with Crippen LogP contribution >= 0.6 is 11.6 Å². The molecule has 35 heavy (non-hydrogen) atoms. The summed E-state index contributed by atoms with van der Waals surface area (Å²) in [7, 11) is 1.60. The molecular weight excluding hydrogens is 480 g/mol. The Hall–Kier alpha value is -3.60. The second kappa shape index (κ2) is 9.95. The van der Waals surface area contributed by atoms with Gasteiger partial charge in [-0.1, -0.05) is 18.5 Å². The number of carbonyl (C=O) groups is 1. The number of benzene rings is 1. The Kier molecular flexibility index (Phi) is 6.97. The van der Waals surface area contributed by atoms with Crippen molar-refractivity contribution in [1.82, 2.24) is 25.2 Å². The van der Waals surface area contributed by atoms with Gasteiger partial charge in [0.1, 0.15) is 11.2 Å². The van der Waals surface area contributed by atoms with Crippen molar-refractivity contribution in [1.29, 1.82) is 5.41 Å². The van der Waals surface area contributed by atoms with Crippen LogP contribution in [0.4, 0.5) is 14.8 Å². The third-order valence-corrected chi connectivity index (χ3v) is 5.97. The van der Waals surface area contributed by atoms with Crippen LogP contribution in [-0.2, 0) is 4.79 Å². The number of alkyl halides is 2. The van der Waals surface area contributed by atoms with E-state index >= 15 is 0 Å². The van der Waals surface area contributed by atoms with E-state index in [1.54, 1.807) is 38.2 Å². The normalized spacial score (nSPS) is 20.0. The Morgan fingerprint density at radius 1 is 1.37 bits per heavy atom. The van der Waals surface area contributed by atoms with E-state index in [0.717, 1.165) is 4.90 Å². The summed E-state index contributed by atoms with van der Waals surface area (Å²) in [5.41, 5.74) is 0.668. The van der Waals surface area contributed by atoms with Gasteiger partial charge in [-0.15, -0.1) is 0 Å². The number of rotatable bonds is 7. The second-order valence-electron chi connectivity index (χ2n) is 8.34. The highest BCUT2D eigenvalue weighted by molar-refractivity contribution is 6.54. The zero-order valence-electron chi connectivity index (χ0n) is 19.1. The van der Waals surface area contributed by atoms with Crippen LogP contribution in [0.2, 0.25) is 5.02 Å². The standard InChI is InChI=1S/C23H24ClF2N7O2/c1-13-9-23(25,26)12-33(21(34)19(27)15(10-28-2)20-29-6-3-7-30-20)17(13)11-31-22-32-16-8-14(24)4-5-18(16)35-22/h3-8,10,13,17,27-28H,9,11-12H2,1-2H3,(H,31,32)/b15-10+,27-19?/t13-,17?/m1/s1. The molecule has 3 N–H and O–H groups in total. The lowest BCUT2D eigenvalue weighted by Crippen LogP contribution is -2.58. The third-order valence-electron chi connectivity index (χ3n) is 5.73. The van der Waals surface area contributed by atoms with Gasteiger partial charge in [0.05, 0.1) is 18.2 Å². The molecule has 0 radical (unpaired) electrons. The molecule has 1 saturated heterocycles. The Morgan fingerprint density at radius 2 is 2.11 bits per heavy atom. The number of amides is 1. The van der Waals surface area contributed by atoms with Crippen molar-refractivity contribution >= 4 is 45.9 Å². The maximum absolute atomic E-state index is 14.5. The van der Waals surface area contributed by atoms with Crippen LogP contribution in [0, 0.1) is 11.3 Å². The molecule has 3 aromatic rings. The van der Waals surface area contributed by atoms with Crippen LogP contribution < -0.4 is 10.6 Å². The van der Waals surface area contributed by atoms with Crippen LogP contribution in [0.1, 0.15) is 19.2 Å². The number of nitrogens with zero attached hydrogens (tertiary/aromatic N) is 4. The summed E-state index contributed by atoms with van der Waals surface area (Å²) >= 11 is 5.99. The number of oxazole rings is 1. The quantitative estimate of drug-likeness (QED) is 0.419. The number of likely N-dealkylation sites (tertiary alicyclic amines) is 1. The fraction of sp³-hybridized carbons (Fsp3) is 0.348. The molecule has 9 nitrogen and oxygen atoms in total. The number of aromatic nitrogens is 3. The van der Waals surface area contributed by atoms with E-state index in [4.69, 9.17) is 21.4 Å². The minimum atomic E-state index is -3.09. The van der Waals surface area contributed by atoms with E-state index in [2.05, 4.69) is 25.6 Å². The topological polar surface area (TPSA) is 120 Å². The van der Waals surface area contributed by atoms with Crippen molar-refractivity contribution in [2.24, 2.45) is 5.92 Å². The van der Waals surface area contributed by atoms with Crippen molar-refractivity contribution in [3.05, 3.63) is 53.7 Å². The number of halogens is 3. The molecule has 184 valence electrons. The molecule has 4 rings (SSSR count). The van der Waals surface area contributed by atoms with Gasteiger partial charge >= 0.3 is 0 Å². The molecule has 1 unspecified atom stereocenters. The smallest absolute Gasteiger partial charge is 0.295 e. The number of hydrogen-bond donors (Lipinski definition) is 3. The summed E-state index contributed by atoms with van der Waals surface area (Å²) in [5.74, 6) is -4.36. The predicted molar refractivity (Wildman–Crippen MR) is 129 cm³/mol. The van der Waals surface area contributed by atoms with E-state index in [0.29, 0.717) is 16.1 Å². The SMILES string of the molecule is CN/C=C(\C(=N)C(=O)N1CC(F)(F)C[C@@H](C)C1CNc1nc2cc(Cl)ccc2o1)c1ncccn1. The number of nitrogens with one attached hydrogen (secondary N) is 3. The lowest BCUT2D eigenvalue weighted by atomic mass is 9.87. The molecule has 3 heterocycles. The largest absolute Gasteiger partial charge is 0.424 e. The monoisotopic (exact) mass is 503 g/mol. The molecular formula is C23H24ClF2N7O2. The minimum absolute atomic E-state index is 0.0992. The summed E-state index contributed by atoms with van der Waals surface area (Å²) in [6.07, 6.45) is 3.96. The van der Waals surface area contributed by atoms with Crippen LogP contribution in [-0.4, -0.2) is 63.6 Å². The van der Waals surface area contributed by atoms with E-state index in [1.165, 1.54) is 18.6 Å². The van der Waals surface area contributed by atoms with Gasteiger partial charge in [-0.2, -0.15) is 4.98 Å². The molecule has 2 aromatic heterocycles. The summed E-state index contributed by atoms with van der Waals surface area (Å²) in [4.78, 5) is 26.9. The van der Waals surface area contributed by atoms with Crippen LogP contribution in [0.25, 0.3) is 16.7 Å². The highest BCUT2D eigenvalue weighted by atomic mass is 35.5. The molecule has 1 fully saturated rings. The van der Waals surface area contributed by atoms with Gasteiger partial charge in [0.15, 0.2) is 11.4 Å². The number of fused-ring (bicyclic) bond motifs is 1. The first-order valence-electron chi connectivity index (χ1n) is 10.9. The predicted octanol–water partition coefficient (Wildman–Crippen LogP) is 3.84. The van der Waals surface area contributed by atoms with Crippen molar-refractivity contribution in [3.63, 3.8) is 0 Å². The molecule has 2 atom stereocenters. The lowest BCUT2D eigenvalue weighted by Gasteiger charge is -2.43. The van der Waals surface area contributed by atoms with Crippen molar-refractivity contribution in [2.75, 3.05) is 25.5 Å². The van der Waals surface area contributed by atoms with E-state index in [-0.39, 0.29) is 30.4 Å². The zero-order valence-corrected chi connectivity index (χ0v) is 19.8. The molecule has 0 aliphatic carbocycles. The Labute approximate surface area is 205 Å².